The van der Waals surface area contributed by atoms with Gasteiger partial charge in [0.05, 0.1) is 16.2 Å². The van der Waals surface area contributed by atoms with E-state index in [-0.39, 0.29) is 27.5 Å². The van der Waals surface area contributed by atoms with E-state index in [4.69, 9.17) is 0 Å². The van der Waals surface area contributed by atoms with Crippen LogP contribution in [0.4, 0.5) is 32.0 Å². The van der Waals surface area contributed by atoms with E-state index in [0.29, 0.717) is 22.7 Å². The van der Waals surface area contributed by atoms with Crippen LogP contribution >= 0.6 is 0 Å². The molecule has 0 fully saturated rings. The van der Waals surface area contributed by atoms with Gasteiger partial charge in [0.1, 0.15) is 0 Å². The van der Waals surface area contributed by atoms with E-state index < -0.39 is 45.2 Å². The number of anilines is 1. The Morgan fingerprint density at radius 2 is 1.58 bits per heavy atom. The Balaban J connectivity index is 1.72. The second kappa shape index (κ2) is 9.40. The topological polar surface area (TPSA) is 96.7 Å². The Hall–Kier alpha value is -3.98. The number of fused-ring (bicyclic) bond motifs is 1. The number of sulfonamides is 1. The second-order valence-electron chi connectivity index (χ2n) is 8.17. The Morgan fingerprint density at radius 1 is 0.921 bits per heavy atom. The Bertz CT molecular complexity index is 1630. The lowest BCUT2D eigenvalue weighted by Crippen LogP contribution is -2.22. The van der Waals surface area contributed by atoms with Gasteiger partial charge < -0.3 is 5.32 Å². The molecule has 200 valence electrons. The van der Waals surface area contributed by atoms with Crippen LogP contribution in [0.15, 0.2) is 65.6 Å². The van der Waals surface area contributed by atoms with Crippen LogP contribution in [0.25, 0.3) is 16.9 Å². The van der Waals surface area contributed by atoms with Crippen molar-refractivity contribution in [2.75, 3.05) is 19.4 Å². The number of carbonyl (C=O) groups is 1. The van der Waals surface area contributed by atoms with Crippen LogP contribution in [0.2, 0.25) is 0 Å². The van der Waals surface area contributed by atoms with Crippen LogP contribution in [-0.4, -0.2) is 47.3 Å². The van der Waals surface area contributed by atoms with E-state index >= 15 is 0 Å². The fourth-order valence-corrected chi connectivity index (χ4v) is 4.35. The van der Waals surface area contributed by atoms with Gasteiger partial charge in [-0.05, 0) is 36.4 Å². The summed E-state index contributed by atoms with van der Waals surface area (Å²) in [6, 6.07) is 10.2. The molecule has 0 aliphatic rings. The molecule has 0 aliphatic carbocycles. The predicted octanol–water partition coefficient (Wildman–Crippen LogP) is 4.94. The van der Waals surface area contributed by atoms with Gasteiger partial charge in [-0.15, -0.1) is 0 Å². The van der Waals surface area contributed by atoms with Crippen molar-refractivity contribution >= 4 is 27.3 Å². The molecule has 1 N–H and O–H groups in total. The maximum Gasteiger partial charge on any atom is 0.433 e. The molecule has 0 aliphatic heterocycles. The van der Waals surface area contributed by atoms with E-state index in [1.165, 1.54) is 38.4 Å². The first kappa shape index (κ1) is 27.1. The number of nitrogens with zero attached hydrogens (tertiary/aromatic N) is 4. The lowest BCUT2D eigenvalue weighted by molar-refractivity contribution is -0.142. The molecule has 2 aromatic carbocycles. The molecule has 2 heterocycles. The van der Waals surface area contributed by atoms with E-state index in [2.05, 4.69) is 15.4 Å². The lowest BCUT2D eigenvalue weighted by Gasteiger charge is -2.12. The minimum absolute atomic E-state index is 0.0166. The van der Waals surface area contributed by atoms with Crippen molar-refractivity contribution in [2.45, 2.75) is 17.2 Å². The van der Waals surface area contributed by atoms with Crippen LogP contribution in [0.5, 0.6) is 0 Å². The van der Waals surface area contributed by atoms with E-state index in [1.807, 2.05) is 0 Å². The highest BCUT2D eigenvalue weighted by Gasteiger charge is 2.36. The van der Waals surface area contributed by atoms with Gasteiger partial charge in [0.2, 0.25) is 10.0 Å². The average Bonchev–Trinajstić information content (AvgIpc) is 3.27. The van der Waals surface area contributed by atoms with Crippen LogP contribution in [0.1, 0.15) is 21.7 Å². The van der Waals surface area contributed by atoms with Crippen molar-refractivity contribution in [1.82, 2.24) is 18.9 Å². The van der Waals surface area contributed by atoms with Gasteiger partial charge in [-0.3, -0.25) is 4.79 Å². The summed E-state index contributed by atoms with van der Waals surface area (Å²) >= 11 is 0. The van der Waals surface area contributed by atoms with Gasteiger partial charge >= 0.3 is 12.4 Å². The average molecular weight is 557 g/mol. The Kier molecular flexibility index (Phi) is 6.69. The standard InChI is InChI=1S/C23H17F6N5O3S/c1-33(2)38(36,37)16-5-3-4-15(10-16)30-21(35)18-12-20-31-17(11-19(23(27,28)29)34(20)32-18)13-6-8-14(9-7-13)22(24,25)26/h3-12H,1-2H3,(H,30,35). The summed E-state index contributed by atoms with van der Waals surface area (Å²) in [7, 11) is -1.18. The quantitative estimate of drug-likeness (QED) is 0.351. The van der Waals surface area contributed by atoms with Crippen molar-refractivity contribution in [2.24, 2.45) is 0 Å². The number of rotatable bonds is 5. The van der Waals surface area contributed by atoms with Crippen LogP contribution in [0, 0.1) is 0 Å². The molecule has 0 spiro atoms. The molecule has 0 radical (unpaired) electrons. The largest absolute Gasteiger partial charge is 0.433 e. The van der Waals surface area contributed by atoms with Gasteiger partial charge in [-0.2, -0.15) is 31.4 Å². The van der Waals surface area contributed by atoms with Crippen LogP contribution in [-0.2, 0) is 22.4 Å². The first-order valence-electron chi connectivity index (χ1n) is 10.6. The number of aromatic nitrogens is 3. The minimum atomic E-state index is -4.95. The van der Waals surface area contributed by atoms with Gasteiger partial charge in [0, 0.05) is 31.4 Å². The molecule has 0 saturated heterocycles. The van der Waals surface area contributed by atoms with E-state index in [1.54, 1.807) is 0 Å². The second-order valence-corrected chi connectivity index (χ2v) is 10.3. The zero-order chi connectivity index (χ0) is 28.0. The lowest BCUT2D eigenvalue weighted by atomic mass is 10.1. The SMILES string of the molecule is CN(C)S(=O)(=O)c1cccc(NC(=O)c2cc3nc(-c4ccc(C(F)(F)F)cc4)cc(C(F)(F)F)n3n2)c1. The number of alkyl halides is 6. The summed E-state index contributed by atoms with van der Waals surface area (Å²) in [5.41, 5.74) is -3.40. The Morgan fingerprint density at radius 3 is 2.16 bits per heavy atom. The first-order valence-corrected chi connectivity index (χ1v) is 12.0. The summed E-state index contributed by atoms with van der Waals surface area (Å²) in [4.78, 5) is 16.7. The molecule has 4 aromatic rings. The molecule has 0 saturated carbocycles. The summed E-state index contributed by atoms with van der Waals surface area (Å²) < 4.78 is 106. The Labute approximate surface area is 211 Å². The highest BCUT2D eigenvalue weighted by molar-refractivity contribution is 7.89. The summed E-state index contributed by atoms with van der Waals surface area (Å²) in [6.07, 6.45) is -9.58. The fourth-order valence-electron chi connectivity index (χ4n) is 3.41. The molecular weight excluding hydrogens is 540 g/mol. The van der Waals surface area contributed by atoms with Gasteiger partial charge in [-0.25, -0.2) is 22.2 Å². The molecule has 38 heavy (non-hydrogen) atoms. The van der Waals surface area contributed by atoms with Gasteiger partial charge in [-0.1, -0.05) is 18.2 Å². The van der Waals surface area contributed by atoms with Crippen molar-refractivity contribution in [1.29, 1.82) is 0 Å². The third kappa shape index (κ3) is 5.33. The smallest absolute Gasteiger partial charge is 0.321 e. The summed E-state index contributed by atoms with van der Waals surface area (Å²) in [5, 5.41) is 6.08. The van der Waals surface area contributed by atoms with Crippen molar-refractivity contribution in [3.63, 3.8) is 0 Å². The highest BCUT2D eigenvalue weighted by Crippen LogP contribution is 2.34. The molecule has 1 amide bonds. The molecule has 0 atom stereocenters. The van der Waals surface area contributed by atoms with E-state index in [0.717, 1.165) is 22.5 Å². The molecule has 0 unspecified atom stereocenters. The number of hydrogen-bond acceptors (Lipinski definition) is 5. The number of halogens is 6. The minimum Gasteiger partial charge on any atom is -0.321 e. The summed E-state index contributed by atoms with van der Waals surface area (Å²) in [6.45, 7) is 0. The summed E-state index contributed by atoms with van der Waals surface area (Å²) in [5.74, 6) is -0.945. The molecule has 4 rings (SSSR count). The third-order valence-corrected chi connectivity index (χ3v) is 7.14. The first-order chi connectivity index (χ1) is 17.6. The third-order valence-electron chi connectivity index (χ3n) is 5.33. The van der Waals surface area contributed by atoms with Crippen LogP contribution < -0.4 is 5.32 Å². The maximum atomic E-state index is 13.8. The number of benzene rings is 2. The molecule has 2 aromatic heterocycles. The van der Waals surface area contributed by atoms with Gasteiger partial charge in [0.15, 0.2) is 17.0 Å². The number of nitrogens with one attached hydrogen (secondary N) is 1. The molecule has 15 heteroatoms. The molecule has 0 bridgehead atoms. The zero-order valence-electron chi connectivity index (χ0n) is 19.5. The van der Waals surface area contributed by atoms with E-state index in [9.17, 15) is 39.6 Å². The number of hydrogen-bond donors (Lipinski definition) is 1. The van der Waals surface area contributed by atoms with Crippen molar-refractivity contribution < 1.29 is 39.6 Å². The highest BCUT2D eigenvalue weighted by atomic mass is 32.2. The predicted molar refractivity (Wildman–Crippen MR) is 124 cm³/mol. The van der Waals surface area contributed by atoms with Crippen molar-refractivity contribution in [3.05, 3.63) is 77.6 Å². The van der Waals surface area contributed by atoms with Crippen molar-refractivity contribution in [3.8, 4) is 11.3 Å². The van der Waals surface area contributed by atoms with Gasteiger partial charge in [0.25, 0.3) is 5.91 Å². The monoisotopic (exact) mass is 557 g/mol. The number of amides is 1. The fraction of sp³-hybridized carbons (Fsp3) is 0.174. The van der Waals surface area contributed by atoms with Crippen LogP contribution in [0.3, 0.4) is 0 Å². The number of carbonyl (C=O) groups excluding carboxylic acids is 1. The normalized spacial score (nSPS) is 12.8. The molecular formula is C23H17F6N5O3S. The zero-order valence-corrected chi connectivity index (χ0v) is 20.3. The molecule has 8 nitrogen and oxygen atoms in total. The maximum absolute atomic E-state index is 13.8.